The Morgan fingerprint density at radius 1 is 1.21 bits per heavy atom. The topological polar surface area (TPSA) is 83.8 Å². The second-order valence-corrected chi connectivity index (χ2v) is 11.1. The summed E-state index contributed by atoms with van der Waals surface area (Å²) in [5.74, 6) is 1.94. The van der Waals surface area contributed by atoms with Crippen LogP contribution < -0.4 is 5.32 Å². The first-order valence-electron chi connectivity index (χ1n) is 12.6. The Hall–Kier alpha value is -2.21. The molecule has 3 fully saturated rings. The fourth-order valence-corrected chi connectivity index (χ4v) is 7.54. The molecule has 6 unspecified atom stereocenters. The van der Waals surface area contributed by atoms with Crippen molar-refractivity contribution >= 4 is 11.6 Å². The molecule has 6 nitrogen and oxygen atoms in total. The number of aliphatic hydroxyl groups excluding tert-OH is 1. The second kappa shape index (κ2) is 8.86. The van der Waals surface area contributed by atoms with Crippen molar-refractivity contribution in [1.29, 1.82) is 0 Å². The van der Waals surface area contributed by atoms with Crippen molar-refractivity contribution in [3.8, 4) is 0 Å². The smallest absolute Gasteiger partial charge is 0.261 e. The van der Waals surface area contributed by atoms with Gasteiger partial charge in [-0.25, -0.2) is 0 Å². The van der Waals surface area contributed by atoms with Gasteiger partial charge in [0, 0.05) is 18.9 Å². The minimum absolute atomic E-state index is 0.0719. The molecule has 5 rings (SSSR count). The van der Waals surface area contributed by atoms with Gasteiger partial charge in [0.15, 0.2) is 6.61 Å². The maximum atomic E-state index is 12.1. The van der Waals surface area contributed by atoms with E-state index in [1.807, 2.05) is 12.1 Å². The highest BCUT2D eigenvalue weighted by Crippen LogP contribution is 2.65. The number of carbonyl (C=O) groups is 1. The fraction of sp³-hybridized carbons (Fsp3) is 0.667. The lowest BCUT2D eigenvalue weighted by atomic mass is 9.47. The van der Waals surface area contributed by atoms with E-state index in [9.17, 15) is 9.90 Å². The summed E-state index contributed by atoms with van der Waals surface area (Å²) < 4.78 is 0. The predicted molar refractivity (Wildman–Crippen MR) is 127 cm³/mol. The molecule has 6 atom stereocenters. The Bertz CT molecular complexity index is 945. The standard InChI is InChI=1S/C27H37N3O3/c1-26-11-9-20(30-33-17-25(32)29-16-18-4-3-13-28-15-18)14-19(26)5-6-21-22-7-8-24(31)27(22,2)12-10-23(21)26/h3-4,13-15,21-24,31H,5-12,16-17H2,1-2H3,(H,29,32). The van der Waals surface area contributed by atoms with E-state index < -0.39 is 0 Å². The zero-order chi connectivity index (χ0) is 23.1. The molecule has 1 aromatic heterocycles. The lowest BCUT2D eigenvalue weighted by molar-refractivity contribution is -0.125. The molecule has 0 saturated heterocycles. The molecule has 4 aliphatic rings. The highest BCUT2D eigenvalue weighted by atomic mass is 16.6. The molecule has 0 bridgehead atoms. The van der Waals surface area contributed by atoms with Crippen molar-refractivity contribution < 1.29 is 14.7 Å². The first kappa shape index (κ1) is 22.6. The van der Waals surface area contributed by atoms with E-state index in [0.717, 1.165) is 49.3 Å². The molecule has 0 aliphatic heterocycles. The van der Waals surface area contributed by atoms with Crippen LogP contribution >= 0.6 is 0 Å². The number of oxime groups is 1. The molecule has 33 heavy (non-hydrogen) atoms. The van der Waals surface area contributed by atoms with Crippen LogP contribution in [0.1, 0.15) is 70.8 Å². The number of aromatic nitrogens is 1. The number of pyridine rings is 1. The second-order valence-electron chi connectivity index (χ2n) is 11.1. The maximum absolute atomic E-state index is 12.1. The molecule has 0 spiro atoms. The first-order chi connectivity index (χ1) is 15.9. The highest BCUT2D eigenvalue weighted by molar-refractivity contribution is 5.96. The van der Waals surface area contributed by atoms with Crippen molar-refractivity contribution in [2.24, 2.45) is 33.7 Å². The van der Waals surface area contributed by atoms with E-state index in [1.165, 1.54) is 24.8 Å². The number of hydrogen-bond acceptors (Lipinski definition) is 5. The minimum atomic E-state index is -0.180. The van der Waals surface area contributed by atoms with Crippen molar-refractivity contribution in [2.75, 3.05) is 6.61 Å². The molecular formula is C27H37N3O3. The van der Waals surface area contributed by atoms with Crippen molar-refractivity contribution in [3.05, 3.63) is 41.7 Å². The van der Waals surface area contributed by atoms with Gasteiger partial charge < -0.3 is 15.3 Å². The number of rotatable bonds is 5. The molecule has 1 amide bonds. The average Bonchev–Trinajstić information content (AvgIpc) is 3.13. The Labute approximate surface area is 196 Å². The minimum Gasteiger partial charge on any atom is -0.393 e. The van der Waals surface area contributed by atoms with Crippen molar-refractivity contribution in [2.45, 2.75) is 77.9 Å². The largest absolute Gasteiger partial charge is 0.393 e. The molecule has 4 aliphatic carbocycles. The Balaban J connectivity index is 1.19. The third-order valence-corrected chi connectivity index (χ3v) is 9.52. The predicted octanol–water partition coefficient (Wildman–Crippen LogP) is 4.39. The van der Waals surface area contributed by atoms with Crippen LogP contribution in [0.4, 0.5) is 0 Å². The Kier molecular flexibility index (Phi) is 6.06. The van der Waals surface area contributed by atoms with Gasteiger partial charge in [0.25, 0.3) is 5.91 Å². The Morgan fingerprint density at radius 3 is 2.91 bits per heavy atom. The number of fused-ring (bicyclic) bond motifs is 5. The molecule has 1 heterocycles. The van der Waals surface area contributed by atoms with Gasteiger partial charge in [0.2, 0.25) is 0 Å². The summed E-state index contributed by atoms with van der Waals surface area (Å²) in [6.45, 7) is 5.18. The molecule has 0 aromatic carbocycles. The lowest BCUT2D eigenvalue weighted by Crippen LogP contribution is -2.51. The number of nitrogens with one attached hydrogen (secondary N) is 1. The van der Waals surface area contributed by atoms with E-state index in [-0.39, 0.29) is 29.4 Å². The molecular weight excluding hydrogens is 414 g/mol. The number of aliphatic hydroxyl groups is 1. The van der Waals surface area contributed by atoms with Crippen LogP contribution in [0, 0.1) is 28.6 Å². The molecule has 0 radical (unpaired) electrons. The zero-order valence-corrected chi connectivity index (χ0v) is 19.9. The van der Waals surface area contributed by atoms with Gasteiger partial charge in [-0.15, -0.1) is 0 Å². The molecule has 3 saturated carbocycles. The van der Waals surface area contributed by atoms with Gasteiger partial charge in [-0.2, -0.15) is 0 Å². The molecule has 178 valence electrons. The summed E-state index contributed by atoms with van der Waals surface area (Å²) in [7, 11) is 0. The van der Waals surface area contributed by atoms with Gasteiger partial charge in [0.1, 0.15) is 0 Å². The summed E-state index contributed by atoms with van der Waals surface area (Å²) in [5, 5.41) is 17.8. The number of allylic oxidation sites excluding steroid dienone is 2. The van der Waals surface area contributed by atoms with E-state index in [0.29, 0.717) is 18.4 Å². The SMILES string of the molecule is CC12CCC(=NOCC(=O)NCc3cccnc3)C=C1CCC1C2CCC2(C)C(O)CCC12. The lowest BCUT2D eigenvalue weighted by Gasteiger charge is -2.57. The maximum Gasteiger partial charge on any atom is 0.261 e. The van der Waals surface area contributed by atoms with Gasteiger partial charge in [0.05, 0.1) is 11.8 Å². The fourth-order valence-electron chi connectivity index (χ4n) is 7.54. The normalized spacial score (nSPS) is 38.6. The van der Waals surface area contributed by atoms with E-state index in [1.54, 1.807) is 12.4 Å². The van der Waals surface area contributed by atoms with E-state index in [2.05, 4.69) is 35.4 Å². The van der Waals surface area contributed by atoms with Crippen molar-refractivity contribution in [1.82, 2.24) is 10.3 Å². The number of carbonyl (C=O) groups excluding carboxylic acids is 1. The number of hydrogen-bond donors (Lipinski definition) is 2. The van der Waals surface area contributed by atoms with Gasteiger partial charge in [-0.05, 0) is 97.7 Å². The van der Waals surface area contributed by atoms with Gasteiger partial charge in [-0.3, -0.25) is 9.78 Å². The van der Waals surface area contributed by atoms with Crippen LogP contribution in [0.5, 0.6) is 0 Å². The molecule has 6 heteroatoms. The van der Waals surface area contributed by atoms with Crippen LogP contribution in [0.15, 0.2) is 41.3 Å². The number of amides is 1. The Morgan fingerprint density at radius 2 is 2.09 bits per heavy atom. The monoisotopic (exact) mass is 451 g/mol. The highest BCUT2D eigenvalue weighted by Gasteiger charge is 2.58. The average molecular weight is 452 g/mol. The van der Waals surface area contributed by atoms with Crippen LogP contribution in [0.25, 0.3) is 0 Å². The summed E-state index contributed by atoms with van der Waals surface area (Å²) >= 11 is 0. The van der Waals surface area contributed by atoms with Gasteiger partial charge in [-0.1, -0.05) is 30.6 Å². The summed E-state index contributed by atoms with van der Waals surface area (Å²) in [4.78, 5) is 21.5. The third kappa shape index (κ3) is 4.11. The summed E-state index contributed by atoms with van der Waals surface area (Å²) in [5.41, 5.74) is 3.79. The van der Waals surface area contributed by atoms with Crippen LogP contribution in [-0.4, -0.2) is 34.4 Å². The quantitative estimate of drug-likeness (QED) is 0.650. The number of nitrogens with zero attached hydrogens (tertiary/aromatic N) is 2. The van der Waals surface area contributed by atoms with Gasteiger partial charge >= 0.3 is 0 Å². The van der Waals surface area contributed by atoms with Crippen LogP contribution in [-0.2, 0) is 16.2 Å². The summed E-state index contributed by atoms with van der Waals surface area (Å²) in [6.07, 6.45) is 14.5. The van der Waals surface area contributed by atoms with Crippen LogP contribution in [0.2, 0.25) is 0 Å². The first-order valence-corrected chi connectivity index (χ1v) is 12.6. The molecule has 1 aromatic rings. The van der Waals surface area contributed by atoms with Crippen molar-refractivity contribution in [3.63, 3.8) is 0 Å². The molecule has 2 N–H and O–H groups in total. The van der Waals surface area contributed by atoms with E-state index in [4.69, 9.17) is 4.84 Å². The summed E-state index contributed by atoms with van der Waals surface area (Å²) in [6, 6.07) is 3.78. The third-order valence-electron chi connectivity index (χ3n) is 9.52. The van der Waals surface area contributed by atoms with Crippen LogP contribution in [0.3, 0.4) is 0 Å². The zero-order valence-electron chi connectivity index (χ0n) is 19.9. The van der Waals surface area contributed by atoms with E-state index >= 15 is 0 Å².